The van der Waals surface area contributed by atoms with Gasteiger partial charge in [0.2, 0.25) is 0 Å². The largest absolute Gasteiger partial charge is 0.490 e. The van der Waals surface area contributed by atoms with E-state index in [1.54, 1.807) is 4.68 Å². The van der Waals surface area contributed by atoms with Crippen molar-refractivity contribution in [3.05, 3.63) is 60.1 Å². The number of para-hydroxylation sites is 1. The van der Waals surface area contributed by atoms with Gasteiger partial charge in [0.1, 0.15) is 16.6 Å². The van der Waals surface area contributed by atoms with Gasteiger partial charge in [-0.2, -0.15) is 10.2 Å². The molecular weight excluding hydrogens is 386 g/mol. The molecule has 1 fully saturated rings. The number of rotatable bonds is 4. The summed E-state index contributed by atoms with van der Waals surface area (Å²) >= 11 is 6.21. The van der Waals surface area contributed by atoms with Crippen LogP contribution in [0.5, 0.6) is 5.75 Å². The average Bonchev–Trinajstić information content (AvgIpc) is 3.33. The van der Waals surface area contributed by atoms with Crippen molar-refractivity contribution in [1.82, 2.24) is 24.5 Å². The van der Waals surface area contributed by atoms with Gasteiger partial charge in [0.15, 0.2) is 0 Å². The number of aromatic nitrogens is 5. The number of aryl methyl sites for hydroxylation is 1. The Labute approximate surface area is 174 Å². The highest BCUT2D eigenvalue weighted by Gasteiger charge is 2.27. The van der Waals surface area contributed by atoms with Crippen molar-refractivity contribution in [2.75, 3.05) is 0 Å². The molecule has 1 aliphatic carbocycles. The number of hydrogen-bond acceptors (Lipinski definition) is 4. The first-order valence-corrected chi connectivity index (χ1v) is 10.3. The second-order valence-corrected chi connectivity index (χ2v) is 7.97. The molecule has 0 bridgehead atoms. The van der Waals surface area contributed by atoms with E-state index >= 15 is 0 Å². The summed E-state index contributed by atoms with van der Waals surface area (Å²) in [7, 11) is 1.91. The van der Waals surface area contributed by atoms with Crippen LogP contribution in [-0.4, -0.2) is 30.6 Å². The standard InChI is InChI=1S/C22H22ClN5O/c1-27-14-15(12-25-27)22-19-13-24-21(23)11-20(19)28(26-22)16-7-9-18(10-8-16)29-17-5-3-2-4-6-17/h2-6,11-14,16,18H,7-10H2,1H3/t16-,18-. The zero-order valence-corrected chi connectivity index (χ0v) is 17.0. The van der Waals surface area contributed by atoms with Gasteiger partial charge in [-0.3, -0.25) is 9.36 Å². The number of ether oxygens (including phenoxy) is 1. The summed E-state index contributed by atoms with van der Waals surface area (Å²) in [4.78, 5) is 4.28. The lowest BCUT2D eigenvalue weighted by molar-refractivity contribution is 0.131. The van der Waals surface area contributed by atoms with E-state index in [9.17, 15) is 0 Å². The van der Waals surface area contributed by atoms with E-state index in [0.717, 1.165) is 53.6 Å². The number of fused-ring (bicyclic) bond motifs is 1. The van der Waals surface area contributed by atoms with Crippen LogP contribution in [0.3, 0.4) is 0 Å². The molecular formula is C22H22ClN5O. The van der Waals surface area contributed by atoms with Crippen LogP contribution in [0.2, 0.25) is 5.15 Å². The molecule has 0 aliphatic heterocycles. The molecule has 1 aliphatic rings. The van der Waals surface area contributed by atoms with Crippen molar-refractivity contribution in [3.8, 4) is 17.0 Å². The maximum absolute atomic E-state index is 6.21. The molecule has 0 saturated heterocycles. The van der Waals surface area contributed by atoms with Crippen molar-refractivity contribution in [2.45, 2.75) is 37.8 Å². The van der Waals surface area contributed by atoms with Crippen LogP contribution in [0.25, 0.3) is 22.2 Å². The van der Waals surface area contributed by atoms with E-state index in [2.05, 4.69) is 14.8 Å². The van der Waals surface area contributed by atoms with Gasteiger partial charge in [-0.25, -0.2) is 4.98 Å². The minimum Gasteiger partial charge on any atom is -0.490 e. The summed E-state index contributed by atoms with van der Waals surface area (Å²) < 4.78 is 10.1. The number of benzene rings is 1. The fraction of sp³-hybridized carbons (Fsp3) is 0.318. The molecule has 3 heterocycles. The molecule has 0 spiro atoms. The third kappa shape index (κ3) is 3.60. The lowest BCUT2D eigenvalue weighted by Crippen LogP contribution is -2.26. The summed E-state index contributed by atoms with van der Waals surface area (Å²) in [5, 5.41) is 10.8. The first-order valence-electron chi connectivity index (χ1n) is 9.92. The molecule has 148 valence electrons. The smallest absolute Gasteiger partial charge is 0.131 e. The Kier molecular flexibility index (Phi) is 4.72. The summed E-state index contributed by atoms with van der Waals surface area (Å²) in [5.41, 5.74) is 2.91. The summed E-state index contributed by atoms with van der Waals surface area (Å²) in [6.45, 7) is 0. The molecule has 6 nitrogen and oxygen atoms in total. The molecule has 0 unspecified atom stereocenters. The van der Waals surface area contributed by atoms with Gasteiger partial charge in [-0.05, 0) is 37.8 Å². The van der Waals surface area contributed by atoms with Crippen LogP contribution in [0, 0.1) is 0 Å². The van der Waals surface area contributed by atoms with E-state index in [1.165, 1.54) is 0 Å². The molecule has 5 rings (SSSR count). The first kappa shape index (κ1) is 18.2. The summed E-state index contributed by atoms with van der Waals surface area (Å²) in [5.74, 6) is 0.942. The Bertz CT molecular complexity index is 1130. The molecule has 0 atom stereocenters. The summed E-state index contributed by atoms with van der Waals surface area (Å²) in [6, 6.07) is 12.3. The maximum Gasteiger partial charge on any atom is 0.131 e. The van der Waals surface area contributed by atoms with E-state index in [-0.39, 0.29) is 6.10 Å². The quantitative estimate of drug-likeness (QED) is 0.444. The third-order valence-electron chi connectivity index (χ3n) is 5.57. The van der Waals surface area contributed by atoms with Crippen LogP contribution < -0.4 is 4.74 Å². The normalized spacial score (nSPS) is 19.5. The van der Waals surface area contributed by atoms with Crippen LogP contribution >= 0.6 is 11.6 Å². The fourth-order valence-corrected chi connectivity index (χ4v) is 4.29. The number of halogens is 1. The molecule has 29 heavy (non-hydrogen) atoms. The highest BCUT2D eigenvalue weighted by atomic mass is 35.5. The van der Waals surface area contributed by atoms with Crippen molar-refractivity contribution in [1.29, 1.82) is 0 Å². The fourth-order valence-electron chi connectivity index (χ4n) is 4.14. The van der Waals surface area contributed by atoms with Gasteiger partial charge in [0.25, 0.3) is 0 Å². The van der Waals surface area contributed by atoms with E-state index in [4.69, 9.17) is 21.4 Å². The SMILES string of the molecule is Cn1cc(-c2nn([C@H]3CC[C@H](Oc4ccccc4)CC3)c3cc(Cl)ncc23)cn1. The first-order chi connectivity index (χ1) is 14.2. The van der Waals surface area contributed by atoms with Crippen molar-refractivity contribution in [3.63, 3.8) is 0 Å². The monoisotopic (exact) mass is 407 g/mol. The second kappa shape index (κ2) is 7.52. The van der Waals surface area contributed by atoms with Crippen LogP contribution in [0.15, 0.2) is 55.0 Å². The Morgan fingerprint density at radius 1 is 1.07 bits per heavy atom. The molecule has 1 aromatic carbocycles. The predicted octanol–water partition coefficient (Wildman–Crippen LogP) is 5.05. The third-order valence-corrected chi connectivity index (χ3v) is 5.78. The zero-order chi connectivity index (χ0) is 19.8. The Morgan fingerprint density at radius 2 is 1.86 bits per heavy atom. The molecule has 3 aromatic heterocycles. The Morgan fingerprint density at radius 3 is 2.59 bits per heavy atom. The minimum atomic E-state index is 0.249. The van der Waals surface area contributed by atoms with Gasteiger partial charge >= 0.3 is 0 Å². The van der Waals surface area contributed by atoms with Gasteiger partial charge in [0.05, 0.1) is 23.9 Å². The number of nitrogens with zero attached hydrogens (tertiary/aromatic N) is 5. The zero-order valence-electron chi connectivity index (χ0n) is 16.2. The van der Waals surface area contributed by atoms with E-state index in [0.29, 0.717) is 11.2 Å². The summed E-state index contributed by atoms with van der Waals surface area (Å²) in [6.07, 6.45) is 9.91. The van der Waals surface area contributed by atoms with Crippen LogP contribution in [0.4, 0.5) is 0 Å². The number of hydrogen-bond donors (Lipinski definition) is 0. The second-order valence-electron chi connectivity index (χ2n) is 7.58. The average molecular weight is 408 g/mol. The molecule has 1 saturated carbocycles. The lowest BCUT2D eigenvalue weighted by Gasteiger charge is -2.29. The van der Waals surface area contributed by atoms with Crippen molar-refractivity contribution >= 4 is 22.5 Å². The van der Waals surface area contributed by atoms with Crippen molar-refractivity contribution < 1.29 is 4.74 Å². The van der Waals surface area contributed by atoms with Crippen molar-refractivity contribution in [2.24, 2.45) is 7.05 Å². The molecule has 0 radical (unpaired) electrons. The van der Waals surface area contributed by atoms with E-state index in [1.807, 2.05) is 62.0 Å². The van der Waals surface area contributed by atoms with Crippen LogP contribution in [-0.2, 0) is 7.05 Å². The Balaban J connectivity index is 1.41. The molecule has 4 aromatic rings. The molecule has 0 amide bonds. The number of pyridine rings is 1. The van der Waals surface area contributed by atoms with Gasteiger partial charge in [-0.15, -0.1) is 0 Å². The van der Waals surface area contributed by atoms with Gasteiger partial charge in [0, 0.05) is 36.5 Å². The maximum atomic E-state index is 6.21. The van der Waals surface area contributed by atoms with Gasteiger partial charge < -0.3 is 4.74 Å². The molecule has 0 N–H and O–H groups in total. The minimum absolute atomic E-state index is 0.249. The topological polar surface area (TPSA) is 57.8 Å². The highest BCUT2D eigenvalue weighted by Crippen LogP contribution is 2.36. The lowest BCUT2D eigenvalue weighted by atomic mass is 9.93. The van der Waals surface area contributed by atoms with Gasteiger partial charge in [-0.1, -0.05) is 29.8 Å². The van der Waals surface area contributed by atoms with Crippen LogP contribution in [0.1, 0.15) is 31.7 Å². The Hall–Kier alpha value is -2.86. The molecule has 7 heteroatoms. The van der Waals surface area contributed by atoms with E-state index < -0.39 is 0 Å². The highest BCUT2D eigenvalue weighted by molar-refractivity contribution is 6.30. The predicted molar refractivity (Wildman–Crippen MR) is 113 cm³/mol.